The quantitative estimate of drug-likeness (QED) is 0.511. The van der Waals surface area contributed by atoms with E-state index in [0.29, 0.717) is 0 Å². The molecule has 0 atom stereocenters. The van der Waals surface area contributed by atoms with Crippen molar-refractivity contribution in [3.8, 4) is 0 Å². The van der Waals surface area contributed by atoms with Gasteiger partial charge in [-0.15, -0.1) is 0 Å². The summed E-state index contributed by atoms with van der Waals surface area (Å²) in [6.45, 7) is 6.60. The molecular weight excluding hydrogens is 168 g/mol. The topological polar surface area (TPSA) is 60.7 Å². The predicted molar refractivity (Wildman–Crippen MR) is 54.3 cm³/mol. The van der Waals surface area contributed by atoms with Gasteiger partial charge in [-0.2, -0.15) is 0 Å². The molecule has 0 amide bonds. The summed E-state index contributed by atoms with van der Waals surface area (Å²) in [5.41, 5.74) is 0. The minimum absolute atomic E-state index is 0.0463. The summed E-state index contributed by atoms with van der Waals surface area (Å²) in [6.07, 6.45) is 4.60. The van der Waals surface area contributed by atoms with Crippen molar-refractivity contribution in [2.24, 2.45) is 0 Å². The van der Waals surface area contributed by atoms with Crippen molar-refractivity contribution >= 4 is 0 Å². The SMILES string of the molecule is CC.CC(C)(O)O.OC1CCCC1. The summed E-state index contributed by atoms with van der Waals surface area (Å²) < 4.78 is 0. The highest BCUT2D eigenvalue weighted by Gasteiger charge is 2.09. The molecule has 0 aromatic rings. The van der Waals surface area contributed by atoms with Gasteiger partial charge >= 0.3 is 0 Å². The van der Waals surface area contributed by atoms with Crippen LogP contribution in [-0.2, 0) is 0 Å². The molecule has 0 unspecified atom stereocenters. The Balaban J connectivity index is 0. The maximum absolute atomic E-state index is 8.73. The van der Waals surface area contributed by atoms with Crippen LogP contribution in [0.5, 0.6) is 0 Å². The lowest BCUT2D eigenvalue weighted by molar-refractivity contribution is -0.127. The van der Waals surface area contributed by atoms with Gasteiger partial charge < -0.3 is 15.3 Å². The second kappa shape index (κ2) is 8.48. The van der Waals surface area contributed by atoms with Gasteiger partial charge in [0.25, 0.3) is 0 Å². The van der Waals surface area contributed by atoms with Gasteiger partial charge in [-0.1, -0.05) is 26.7 Å². The Hall–Kier alpha value is -0.120. The third kappa shape index (κ3) is 24.5. The zero-order valence-corrected chi connectivity index (χ0v) is 9.25. The monoisotopic (exact) mass is 192 g/mol. The molecule has 3 heteroatoms. The van der Waals surface area contributed by atoms with Gasteiger partial charge in [0.2, 0.25) is 0 Å². The first-order valence-electron chi connectivity index (χ1n) is 5.02. The van der Waals surface area contributed by atoms with Crippen molar-refractivity contribution in [2.75, 3.05) is 0 Å². The Morgan fingerprint density at radius 2 is 1.23 bits per heavy atom. The zero-order valence-electron chi connectivity index (χ0n) is 9.25. The highest BCUT2D eigenvalue weighted by molar-refractivity contribution is 4.63. The van der Waals surface area contributed by atoms with Crippen LogP contribution in [0, 0.1) is 0 Å². The minimum Gasteiger partial charge on any atom is -0.393 e. The Bertz CT molecular complexity index is 84.8. The van der Waals surface area contributed by atoms with Gasteiger partial charge in [-0.3, -0.25) is 0 Å². The van der Waals surface area contributed by atoms with Crippen molar-refractivity contribution in [3.63, 3.8) is 0 Å². The lowest BCUT2D eigenvalue weighted by Gasteiger charge is -2.03. The summed E-state index contributed by atoms with van der Waals surface area (Å²) in [7, 11) is 0. The molecule has 3 nitrogen and oxygen atoms in total. The molecule has 1 aliphatic rings. The van der Waals surface area contributed by atoms with E-state index in [1.54, 1.807) is 0 Å². The fraction of sp³-hybridized carbons (Fsp3) is 1.00. The molecule has 3 N–H and O–H groups in total. The normalized spacial score (nSPS) is 16.8. The van der Waals surface area contributed by atoms with Crippen LogP contribution in [0.25, 0.3) is 0 Å². The van der Waals surface area contributed by atoms with Crippen molar-refractivity contribution in [1.29, 1.82) is 0 Å². The van der Waals surface area contributed by atoms with E-state index >= 15 is 0 Å². The molecule has 1 fully saturated rings. The van der Waals surface area contributed by atoms with Crippen molar-refractivity contribution in [1.82, 2.24) is 0 Å². The first-order valence-corrected chi connectivity index (χ1v) is 5.02. The smallest absolute Gasteiger partial charge is 0.156 e. The average Bonchev–Trinajstić information content (AvgIpc) is 2.40. The Labute approximate surface area is 81.4 Å². The molecule has 0 aliphatic heterocycles. The molecular formula is C10H24O3. The molecule has 0 saturated heterocycles. The fourth-order valence-electron chi connectivity index (χ4n) is 0.904. The number of rotatable bonds is 0. The van der Waals surface area contributed by atoms with Gasteiger partial charge in [-0.25, -0.2) is 0 Å². The zero-order chi connectivity index (χ0) is 10.9. The van der Waals surface area contributed by atoms with Gasteiger partial charge in [0, 0.05) is 0 Å². The van der Waals surface area contributed by atoms with Crippen LogP contribution in [0.4, 0.5) is 0 Å². The highest BCUT2D eigenvalue weighted by atomic mass is 16.5. The summed E-state index contributed by atoms with van der Waals surface area (Å²) in [4.78, 5) is 0. The molecule has 0 radical (unpaired) electrons. The molecule has 0 bridgehead atoms. The number of aliphatic hydroxyl groups excluding tert-OH is 1. The van der Waals surface area contributed by atoms with Crippen LogP contribution < -0.4 is 0 Å². The third-order valence-electron chi connectivity index (χ3n) is 1.32. The van der Waals surface area contributed by atoms with E-state index in [1.165, 1.54) is 26.7 Å². The summed E-state index contributed by atoms with van der Waals surface area (Å²) in [6, 6.07) is 0. The molecule has 1 rings (SSSR count). The molecule has 0 aromatic heterocycles. The molecule has 82 valence electrons. The minimum atomic E-state index is -1.50. The summed E-state index contributed by atoms with van der Waals surface area (Å²) in [5, 5.41) is 24.9. The molecule has 13 heavy (non-hydrogen) atoms. The largest absolute Gasteiger partial charge is 0.393 e. The predicted octanol–water partition coefficient (Wildman–Crippen LogP) is 1.65. The first kappa shape index (κ1) is 15.4. The van der Waals surface area contributed by atoms with Crippen LogP contribution in [0.1, 0.15) is 53.4 Å². The molecule has 1 aliphatic carbocycles. The second-order valence-electron chi connectivity index (χ2n) is 3.43. The second-order valence-corrected chi connectivity index (χ2v) is 3.43. The van der Waals surface area contributed by atoms with E-state index in [2.05, 4.69) is 0 Å². The Morgan fingerprint density at radius 3 is 1.31 bits per heavy atom. The van der Waals surface area contributed by atoms with Crippen molar-refractivity contribution in [3.05, 3.63) is 0 Å². The molecule has 0 spiro atoms. The maximum Gasteiger partial charge on any atom is 0.156 e. The van der Waals surface area contributed by atoms with Gasteiger partial charge in [0.05, 0.1) is 6.10 Å². The van der Waals surface area contributed by atoms with Crippen LogP contribution in [0.15, 0.2) is 0 Å². The molecule has 0 aromatic carbocycles. The summed E-state index contributed by atoms with van der Waals surface area (Å²) >= 11 is 0. The maximum atomic E-state index is 8.73. The van der Waals surface area contributed by atoms with E-state index in [9.17, 15) is 0 Å². The van der Waals surface area contributed by atoms with E-state index in [1.807, 2.05) is 13.8 Å². The Kier molecular flexibility index (Phi) is 10.0. The van der Waals surface area contributed by atoms with Crippen LogP contribution in [0.2, 0.25) is 0 Å². The van der Waals surface area contributed by atoms with E-state index in [4.69, 9.17) is 15.3 Å². The van der Waals surface area contributed by atoms with Crippen LogP contribution in [0.3, 0.4) is 0 Å². The Morgan fingerprint density at radius 1 is 1.00 bits per heavy atom. The third-order valence-corrected chi connectivity index (χ3v) is 1.32. The van der Waals surface area contributed by atoms with Gasteiger partial charge in [-0.05, 0) is 26.7 Å². The van der Waals surface area contributed by atoms with Gasteiger partial charge in [0.15, 0.2) is 5.79 Å². The van der Waals surface area contributed by atoms with Crippen LogP contribution in [-0.4, -0.2) is 27.2 Å². The molecule has 0 heterocycles. The van der Waals surface area contributed by atoms with E-state index < -0.39 is 5.79 Å². The molecule has 1 saturated carbocycles. The first-order chi connectivity index (χ1) is 5.89. The lowest BCUT2D eigenvalue weighted by Crippen LogP contribution is -2.15. The van der Waals surface area contributed by atoms with Crippen molar-refractivity contribution < 1.29 is 15.3 Å². The number of aliphatic hydroxyl groups is 3. The van der Waals surface area contributed by atoms with Crippen molar-refractivity contribution in [2.45, 2.75) is 65.3 Å². The summed E-state index contributed by atoms with van der Waals surface area (Å²) in [5.74, 6) is -1.50. The fourth-order valence-corrected chi connectivity index (χ4v) is 0.904. The lowest BCUT2D eigenvalue weighted by atomic mass is 10.3. The highest BCUT2D eigenvalue weighted by Crippen LogP contribution is 2.16. The van der Waals surface area contributed by atoms with E-state index in [0.717, 1.165) is 12.8 Å². The average molecular weight is 192 g/mol. The number of hydrogen-bond acceptors (Lipinski definition) is 3. The van der Waals surface area contributed by atoms with E-state index in [-0.39, 0.29) is 6.10 Å². The van der Waals surface area contributed by atoms with Gasteiger partial charge in [0.1, 0.15) is 0 Å². The standard InChI is InChI=1S/C5H10O.C3H8O2.C2H6/c6-5-3-1-2-4-5;1-3(2,4)5;1-2/h5-6H,1-4H2;4-5H,1-2H3;1-2H3. The number of hydrogen-bond donors (Lipinski definition) is 3. The van der Waals surface area contributed by atoms with Crippen LogP contribution >= 0.6 is 0 Å².